The van der Waals surface area contributed by atoms with Gasteiger partial charge in [-0.2, -0.15) is 5.10 Å². The third-order valence-electron chi connectivity index (χ3n) is 4.39. The van der Waals surface area contributed by atoms with E-state index in [1.165, 1.54) is 18.9 Å². The van der Waals surface area contributed by atoms with Crippen molar-refractivity contribution >= 4 is 40.5 Å². The lowest BCUT2D eigenvalue weighted by Gasteiger charge is -2.10. The number of benzene rings is 1. The fraction of sp³-hybridized carbons (Fsp3) is 0.350. The number of anilines is 1. The third-order valence-corrected chi connectivity index (χ3v) is 4.93. The van der Waals surface area contributed by atoms with Crippen LogP contribution in [-0.4, -0.2) is 58.1 Å². The molecule has 0 radical (unpaired) electrons. The minimum Gasteiger partial charge on any atom is -0.465 e. The van der Waals surface area contributed by atoms with Crippen LogP contribution in [0.1, 0.15) is 34.1 Å². The van der Waals surface area contributed by atoms with Crippen LogP contribution in [0.25, 0.3) is 11.0 Å². The molecule has 9 nitrogen and oxygen atoms in total. The Morgan fingerprint density at radius 2 is 1.93 bits per heavy atom. The van der Waals surface area contributed by atoms with Crippen LogP contribution in [0, 0.1) is 0 Å². The molecule has 1 amide bonds. The van der Waals surface area contributed by atoms with Gasteiger partial charge in [-0.05, 0) is 24.8 Å². The molecular formula is C20H24N6O3S. The molecule has 0 saturated carbocycles. The fourth-order valence-electron chi connectivity index (χ4n) is 2.91. The predicted molar refractivity (Wildman–Crippen MR) is 116 cm³/mol. The number of ether oxygens (including phenoxy) is 1. The van der Waals surface area contributed by atoms with Gasteiger partial charge in [0.2, 0.25) is 0 Å². The van der Waals surface area contributed by atoms with E-state index in [4.69, 9.17) is 4.74 Å². The highest BCUT2D eigenvalue weighted by Gasteiger charge is 2.17. The summed E-state index contributed by atoms with van der Waals surface area (Å²) in [5.74, 6) is -0.141. The molecular weight excluding hydrogens is 404 g/mol. The molecule has 0 aliphatic carbocycles. The summed E-state index contributed by atoms with van der Waals surface area (Å²) in [6, 6.07) is 6.54. The molecule has 2 N–H and O–H groups in total. The summed E-state index contributed by atoms with van der Waals surface area (Å²) < 4.78 is 6.48. The molecule has 0 fully saturated rings. The number of nitrogens with zero attached hydrogens (tertiary/aromatic N) is 4. The van der Waals surface area contributed by atoms with Gasteiger partial charge in [-0.15, -0.1) is 0 Å². The molecule has 0 atom stereocenters. The lowest BCUT2D eigenvalue weighted by atomic mass is 10.1. The number of carbonyl (C=O) groups excluding carboxylic acids is 2. The van der Waals surface area contributed by atoms with Crippen LogP contribution in [0.2, 0.25) is 0 Å². The molecule has 0 aliphatic heterocycles. The number of hydrogen-bond donors (Lipinski definition) is 2. The number of hydrogen-bond acceptors (Lipinski definition) is 8. The molecule has 0 aliphatic rings. The number of methoxy groups -OCH3 is 1. The molecule has 0 saturated heterocycles. The van der Waals surface area contributed by atoms with Crippen LogP contribution in [0.5, 0.6) is 0 Å². The van der Waals surface area contributed by atoms with Crippen molar-refractivity contribution < 1.29 is 14.3 Å². The number of aromatic nitrogens is 4. The van der Waals surface area contributed by atoms with E-state index in [1.807, 2.05) is 6.26 Å². The molecule has 3 aromatic rings. The van der Waals surface area contributed by atoms with Crippen LogP contribution in [0.15, 0.2) is 35.6 Å². The van der Waals surface area contributed by atoms with E-state index in [0.717, 1.165) is 24.2 Å². The van der Waals surface area contributed by atoms with E-state index in [9.17, 15) is 9.59 Å². The Bertz CT molecular complexity index is 1050. The number of rotatable bonds is 9. The molecule has 158 valence electrons. The van der Waals surface area contributed by atoms with Gasteiger partial charge >= 0.3 is 5.97 Å². The smallest absolute Gasteiger partial charge is 0.338 e. The Balaban J connectivity index is 1.74. The second-order valence-corrected chi connectivity index (χ2v) is 7.16. The minimum atomic E-state index is -0.549. The van der Waals surface area contributed by atoms with Crippen molar-refractivity contribution in [1.29, 1.82) is 0 Å². The van der Waals surface area contributed by atoms with Gasteiger partial charge < -0.3 is 15.4 Å². The SMILES string of the molecule is CCCNc1nc(SC)nc2c1cnn2CCNC(=O)c1ccccc1C(=O)OC. The molecule has 0 bridgehead atoms. The topological polar surface area (TPSA) is 111 Å². The van der Waals surface area contributed by atoms with Gasteiger partial charge in [0.15, 0.2) is 10.8 Å². The zero-order chi connectivity index (χ0) is 21.5. The minimum absolute atomic E-state index is 0.228. The van der Waals surface area contributed by atoms with Gasteiger partial charge in [-0.25, -0.2) is 19.4 Å². The second kappa shape index (κ2) is 10.1. The van der Waals surface area contributed by atoms with Gasteiger partial charge in [0, 0.05) is 13.1 Å². The normalized spacial score (nSPS) is 10.8. The van der Waals surface area contributed by atoms with Gasteiger partial charge in [0.05, 0.1) is 36.4 Å². The average molecular weight is 429 g/mol. The summed E-state index contributed by atoms with van der Waals surface area (Å²) in [5, 5.41) is 12.0. The highest BCUT2D eigenvalue weighted by molar-refractivity contribution is 7.98. The highest BCUT2D eigenvalue weighted by Crippen LogP contribution is 2.23. The van der Waals surface area contributed by atoms with E-state index in [2.05, 4.69) is 32.6 Å². The van der Waals surface area contributed by atoms with Gasteiger partial charge in [0.1, 0.15) is 5.82 Å². The number of amides is 1. The average Bonchev–Trinajstić information content (AvgIpc) is 3.19. The predicted octanol–water partition coefficient (Wildman–Crippen LogP) is 2.59. The Hall–Kier alpha value is -3.14. The molecule has 30 heavy (non-hydrogen) atoms. The van der Waals surface area contributed by atoms with Crippen molar-refractivity contribution in [3.63, 3.8) is 0 Å². The highest BCUT2D eigenvalue weighted by atomic mass is 32.2. The molecule has 0 unspecified atom stereocenters. The van der Waals surface area contributed by atoms with E-state index in [-0.39, 0.29) is 17.0 Å². The molecule has 0 spiro atoms. The van der Waals surface area contributed by atoms with Crippen molar-refractivity contribution in [3.05, 3.63) is 41.6 Å². The lowest BCUT2D eigenvalue weighted by Crippen LogP contribution is -2.29. The Morgan fingerprint density at radius 3 is 2.63 bits per heavy atom. The number of carbonyl (C=O) groups is 2. The second-order valence-electron chi connectivity index (χ2n) is 6.38. The fourth-order valence-corrected chi connectivity index (χ4v) is 3.27. The summed E-state index contributed by atoms with van der Waals surface area (Å²) >= 11 is 1.46. The van der Waals surface area contributed by atoms with Crippen molar-refractivity contribution in [3.8, 4) is 0 Å². The molecule has 3 rings (SSSR count). The Labute approximate surface area is 178 Å². The first kappa shape index (κ1) is 21.6. The van der Waals surface area contributed by atoms with Gasteiger partial charge in [-0.1, -0.05) is 30.8 Å². The van der Waals surface area contributed by atoms with E-state index in [1.54, 1.807) is 35.1 Å². The quantitative estimate of drug-likeness (QED) is 0.304. The third kappa shape index (κ3) is 4.70. The summed E-state index contributed by atoms with van der Waals surface area (Å²) in [5.41, 5.74) is 1.20. The van der Waals surface area contributed by atoms with Crippen LogP contribution < -0.4 is 10.6 Å². The maximum Gasteiger partial charge on any atom is 0.338 e. The van der Waals surface area contributed by atoms with E-state index in [0.29, 0.717) is 23.9 Å². The zero-order valence-corrected chi connectivity index (χ0v) is 18.0. The van der Waals surface area contributed by atoms with Crippen LogP contribution in [-0.2, 0) is 11.3 Å². The van der Waals surface area contributed by atoms with Crippen molar-refractivity contribution in [1.82, 2.24) is 25.1 Å². The Kier molecular flexibility index (Phi) is 7.23. The molecule has 2 heterocycles. The zero-order valence-electron chi connectivity index (χ0n) is 17.1. The first-order valence-corrected chi connectivity index (χ1v) is 10.8. The van der Waals surface area contributed by atoms with Crippen LogP contribution in [0.4, 0.5) is 5.82 Å². The number of esters is 1. The Morgan fingerprint density at radius 1 is 1.17 bits per heavy atom. The lowest BCUT2D eigenvalue weighted by molar-refractivity contribution is 0.0596. The van der Waals surface area contributed by atoms with Crippen molar-refractivity contribution in [2.24, 2.45) is 0 Å². The summed E-state index contributed by atoms with van der Waals surface area (Å²) in [6.45, 7) is 3.64. The first-order chi connectivity index (χ1) is 14.6. The molecule has 1 aromatic carbocycles. The molecule has 10 heteroatoms. The monoisotopic (exact) mass is 428 g/mol. The molecule has 2 aromatic heterocycles. The summed E-state index contributed by atoms with van der Waals surface area (Å²) in [4.78, 5) is 33.5. The standard InChI is InChI=1S/C20H24N6O3S/c1-4-9-21-16-15-12-23-26(17(15)25-20(24-16)30-3)11-10-22-18(27)13-7-5-6-8-14(13)19(28)29-2/h5-8,12H,4,9-11H2,1-3H3,(H,22,27)(H,21,24,25). The summed E-state index contributed by atoms with van der Waals surface area (Å²) in [6.07, 6.45) is 4.63. The number of nitrogens with one attached hydrogen (secondary N) is 2. The largest absolute Gasteiger partial charge is 0.465 e. The van der Waals surface area contributed by atoms with E-state index < -0.39 is 5.97 Å². The van der Waals surface area contributed by atoms with Gasteiger partial charge in [-0.3, -0.25) is 4.79 Å². The number of thioether (sulfide) groups is 1. The van der Waals surface area contributed by atoms with Gasteiger partial charge in [0.25, 0.3) is 5.91 Å². The maximum absolute atomic E-state index is 12.6. The van der Waals surface area contributed by atoms with Crippen molar-refractivity contribution in [2.75, 3.05) is 31.8 Å². The van der Waals surface area contributed by atoms with Crippen LogP contribution >= 0.6 is 11.8 Å². The number of fused-ring (bicyclic) bond motifs is 1. The maximum atomic E-state index is 12.6. The van der Waals surface area contributed by atoms with Crippen molar-refractivity contribution in [2.45, 2.75) is 25.0 Å². The first-order valence-electron chi connectivity index (χ1n) is 9.56. The summed E-state index contributed by atoms with van der Waals surface area (Å²) in [7, 11) is 1.29. The van der Waals surface area contributed by atoms with Crippen LogP contribution in [0.3, 0.4) is 0 Å². The van der Waals surface area contributed by atoms with E-state index >= 15 is 0 Å².